The molecule has 2 aromatic carbocycles. The normalized spacial score (nSPS) is 10.3. The van der Waals surface area contributed by atoms with E-state index in [2.05, 4.69) is 5.92 Å². The molecule has 2 aromatic rings. The highest BCUT2D eigenvalue weighted by Crippen LogP contribution is 2.26. The molecule has 26 heavy (non-hydrogen) atoms. The van der Waals surface area contributed by atoms with Crippen LogP contribution in [0.3, 0.4) is 0 Å². The molecule has 0 aliphatic carbocycles. The second-order valence-corrected chi connectivity index (χ2v) is 5.17. The van der Waals surface area contributed by atoms with Crippen molar-refractivity contribution >= 4 is 17.8 Å². The molecule has 0 atom stereocenters. The lowest BCUT2D eigenvalue weighted by atomic mass is 10.0. The average molecular weight is 350 g/mol. The zero-order chi connectivity index (χ0) is 18.9. The number of carbonyl (C=O) groups is 2. The molecule has 0 aliphatic rings. The van der Waals surface area contributed by atoms with Gasteiger partial charge in [0.1, 0.15) is 18.1 Å². The van der Waals surface area contributed by atoms with Crippen LogP contribution < -0.4 is 9.47 Å². The first-order valence-electron chi connectivity index (χ1n) is 7.94. The molecule has 5 heteroatoms. The van der Waals surface area contributed by atoms with E-state index in [9.17, 15) is 14.7 Å². The molecular formula is C21H18O5. The van der Waals surface area contributed by atoms with Gasteiger partial charge in [-0.05, 0) is 37.3 Å². The van der Waals surface area contributed by atoms with E-state index in [1.165, 1.54) is 18.2 Å². The van der Waals surface area contributed by atoms with E-state index in [0.717, 1.165) is 0 Å². The number of aromatic carboxylic acids is 1. The molecule has 0 unspecified atom stereocenters. The summed E-state index contributed by atoms with van der Waals surface area (Å²) in [4.78, 5) is 23.6. The average Bonchev–Trinajstić information content (AvgIpc) is 2.65. The predicted octanol–water partition coefficient (Wildman–Crippen LogP) is 3.69. The highest BCUT2D eigenvalue weighted by atomic mass is 16.5. The number of rotatable bonds is 8. The Morgan fingerprint density at radius 2 is 1.88 bits per heavy atom. The van der Waals surface area contributed by atoms with Crippen molar-refractivity contribution in [2.45, 2.75) is 6.92 Å². The van der Waals surface area contributed by atoms with Gasteiger partial charge in [0, 0.05) is 17.2 Å². The van der Waals surface area contributed by atoms with Crippen molar-refractivity contribution in [2.75, 3.05) is 13.2 Å². The van der Waals surface area contributed by atoms with Gasteiger partial charge in [0.25, 0.3) is 0 Å². The molecule has 0 bridgehead atoms. The van der Waals surface area contributed by atoms with E-state index in [0.29, 0.717) is 23.7 Å². The fourth-order valence-electron chi connectivity index (χ4n) is 2.29. The first-order chi connectivity index (χ1) is 12.6. The van der Waals surface area contributed by atoms with Crippen LogP contribution in [0.1, 0.15) is 33.2 Å². The van der Waals surface area contributed by atoms with Crippen LogP contribution in [0.2, 0.25) is 0 Å². The maximum Gasteiger partial charge on any atom is 0.336 e. The van der Waals surface area contributed by atoms with Crippen LogP contribution in [0.4, 0.5) is 0 Å². The lowest BCUT2D eigenvalue weighted by Gasteiger charge is -2.10. The van der Waals surface area contributed by atoms with Crippen LogP contribution in [-0.4, -0.2) is 30.1 Å². The third-order valence-corrected chi connectivity index (χ3v) is 3.44. The third kappa shape index (κ3) is 4.74. The van der Waals surface area contributed by atoms with Crippen LogP contribution in [0.5, 0.6) is 11.5 Å². The number of terminal acetylenes is 1. The lowest BCUT2D eigenvalue weighted by molar-refractivity contribution is 0.0693. The van der Waals surface area contributed by atoms with Crippen molar-refractivity contribution in [1.29, 1.82) is 0 Å². The Hall–Kier alpha value is -3.52. The maximum absolute atomic E-state index is 12.4. The minimum absolute atomic E-state index is 0.0368. The zero-order valence-electron chi connectivity index (χ0n) is 14.3. The first kappa shape index (κ1) is 18.8. The Labute approximate surface area is 151 Å². The van der Waals surface area contributed by atoms with Gasteiger partial charge in [-0.2, -0.15) is 0 Å². The van der Waals surface area contributed by atoms with Crippen LogP contribution >= 0.6 is 0 Å². The summed E-state index contributed by atoms with van der Waals surface area (Å²) in [6.45, 7) is 2.43. The summed E-state index contributed by atoms with van der Waals surface area (Å²) in [5, 5.41) is 9.19. The zero-order valence-corrected chi connectivity index (χ0v) is 14.3. The number of carbonyl (C=O) groups excluding carboxylic acids is 1. The van der Waals surface area contributed by atoms with Crippen molar-refractivity contribution in [3.05, 3.63) is 65.2 Å². The number of carboxylic acid groups (broad SMARTS) is 1. The van der Waals surface area contributed by atoms with Crippen molar-refractivity contribution in [1.82, 2.24) is 0 Å². The third-order valence-electron chi connectivity index (χ3n) is 3.44. The van der Waals surface area contributed by atoms with Crippen molar-refractivity contribution in [3.63, 3.8) is 0 Å². The number of ether oxygens (including phenoxy) is 2. The molecule has 132 valence electrons. The Morgan fingerprint density at radius 1 is 1.15 bits per heavy atom. The topological polar surface area (TPSA) is 72.8 Å². The summed E-state index contributed by atoms with van der Waals surface area (Å²) < 4.78 is 10.9. The number of benzene rings is 2. The van der Waals surface area contributed by atoms with Crippen molar-refractivity contribution < 1.29 is 24.2 Å². The first-order valence-corrected chi connectivity index (χ1v) is 7.94. The van der Waals surface area contributed by atoms with Gasteiger partial charge >= 0.3 is 5.97 Å². The van der Waals surface area contributed by atoms with E-state index in [-0.39, 0.29) is 17.7 Å². The number of hydrogen-bond acceptors (Lipinski definition) is 4. The van der Waals surface area contributed by atoms with E-state index in [1.54, 1.807) is 36.4 Å². The molecule has 0 saturated carbocycles. The van der Waals surface area contributed by atoms with Gasteiger partial charge in [-0.1, -0.05) is 24.1 Å². The molecule has 1 N–H and O–H groups in total. The summed E-state index contributed by atoms with van der Waals surface area (Å²) in [6.07, 6.45) is 8.08. The van der Waals surface area contributed by atoms with Gasteiger partial charge in [0.05, 0.1) is 12.2 Å². The van der Waals surface area contributed by atoms with E-state index >= 15 is 0 Å². The molecule has 0 amide bonds. The van der Waals surface area contributed by atoms with Gasteiger partial charge in [-0.25, -0.2) is 4.79 Å². The summed E-state index contributed by atoms with van der Waals surface area (Å²) in [6, 6.07) is 11.2. The standard InChI is InChI=1S/C21H18O5/c1-3-13-26-16-11-9-15(20(14-16)25-4-2)10-12-19(22)17-7-5-6-8-18(17)21(23)24/h1,5-12,14H,4,13H2,2H3,(H,23,24). The molecule has 5 nitrogen and oxygen atoms in total. The number of ketones is 1. The highest BCUT2D eigenvalue weighted by Gasteiger charge is 2.13. The van der Waals surface area contributed by atoms with Gasteiger partial charge in [0.15, 0.2) is 5.78 Å². The fraction of sp³-hybridized carbons (Fsp3) is 0.143. The Morgan fingerprint density at radius 3 is 2.54 bits per heavy atom. The molecule has 0 aromatic heterocycles. The monoisotopic (exact) mass is 350 g/mol. The number of allylic oxidation sites excluding steroid dienone is 1. The van der Waals surface area contributed by atoms with Gasteiger partial charge in [-0.3, -0.25) is 4.79 Å². The van der Waals surface area contributed by atoms with Crippen molar-refractivity contribution in [3.8, 4) is 23.8 Å². The van der Waals surface area contributed by atoms with Gasteiger partial charge in [0.2, 0.25) is 0 Å². The Balaban J connectivity index is 2.28. The highest BCUT2D eigenvalue weighted by molar-refractivity contribution is 6.12. The number of carboxylic acids is 1. The predicted molar refractivity (Wildman–Crippen MR) is 98.7 cm³/mol. The van der Waals surface area contributed by atoms with Crippen LogP contribution in [-0.2, 0) is 0 Å². The summed E-state index contributed by atoms with van der Waals surface area (Å²) >= 11 is 0. The lowest BCUT2D eigenvalue weighted by Crippen LogP contribution is -2.06. The minimum atomic E-state index is -1.15. The molecular weight excluding hydrogens is 332 g/mol. The summed E-state index contributed by atoms with van der Waals surface area (Å²) in [5.41, 5.74) is 0.759. The maximum atomic E-state index is 12.4. The molecule has 2 rings (SSSR count). The SMILES string of the molecule is C#CCOc1ccc(C=CC(=O)c2ccccc2C(=O)O)c(OCC)c1. The quantitative estimate of drug-likeness (QED) is 0.446. The second-order valence-electron chi connectivity index (χ2n) is 5.17. The molecule has 0 fully saturated rings. The van der Waals surface area contributed by atoms with Crippen LogP contribution in [0.25, 0.3) is 6.08 Å². The largest absolute Gasteiger partial charge is 0.493 e. The molecule has 0 heterocycles. The Kier molecular flexibility index (Phi) is 6.58. The number of hydrogen-bond donors (Lipinski definition) is 1. The van der Waals surface area contributed by atoms with Crippen LogP contribution in [0, 0.1) is 12.3 Å². The molecule has 0 aliphatic heterocycles. The summed E-state index contributed by atoms with van der Waals surface area (Å²) in [5.74, 6) is 1.94. The van der Waals surface area contributed by atoms with Crippen molar-refractivity contribution in [2.24, 2.45) is 0 Å². The molecule has 0 spiro atoms. The Bertz CT molecular complexity index is 874. The van der Waals surface area contributed by atoms with E-state index < -0.39 is 11.8 Å². The van der Waals surface area contributed by atoms with Gasteiger partial charge < -0.3 is 14.6 Å². The smallest absolute Gasteiger partial charge is 0.336 e. The summed E-state index contributed by atoms with van der Waals surface area (Å²) in [7, 11) is 0. The van der Waals surface area contributed by atoms with E-state index in [1.807, 2.05) is 6.92 Å². The van der Waals surface area contributed by atoms with Gasteiger partial charge in [-0.15, -0.1) is 6.42 Å². The fourth-order valence-corrected chi connectivity index (χ4v) is 2.29. The van der Waals surface area contributed by atoms with Crippen LogP contribution in [0.15, 0.2) is 48.5 Å². The molecule has 0 radical (unpaired) electrons. The second kappa shape index (κ2) is 9.09. The molecule has 0 saturated heterocycles. The minimum Gasteiger partial charge on any atom is -0.493 e. The van der Waals surface area contributed by atoms with E-state index in [4.69, 9.17) is 15.9 Å².